The van der Waals surface area contributed by atoms with E-state index >= 15 is 0 Å². The summed E-state index contributed by atoms with van der Waals surface area (Å²) in [6.07, 6.45) is -5.91. The number of rotatable bonds is 2. The maximum absolute atomic E-state index is 11.9. The van der Waals surface area contributed by atoms with Crippen LogP contribution in [0.3, 0.4) is 0 Å². The van der Waals surface area contributed by atoms with Crippen LogP contribution >= 0.6 is 0 Å². The van der Waals surface area contributed by atoms with Gasteiger partial charge in [0.05, 0.1) is 13.9 Å². The minimum Gasteiger partial charge on any atom is -0.394 e. The molecule has 0 aromatic heterocycles. The van der Waals surface area contributed by atoms with Crippen LogP contribution in [0.5, 0.6) is 0 Å². The van der Waals surface area contributed by atoms with Crippen molar-refractivity contribution in [2.24, 2.45) is 5.92 Å². The van der Waals surface area contributed by atoms with Crippen molar-refractivity contribution < 1.29 is 35.1 Å². The van der Waals surface area contributed by atoms with Crippen LogP contribution < -0.4 is 5.32 Å². The van der Waals surface area contributed by atoms with Crippen molar-refractivity contribution in [2.45, 2.75) is 31.4 Å². The highest BCUT2D eigenvalue weighted by molar-refractivity contribution is 5.97. The lowest BCUT2D eigenvalue weighted by Crippen LogP contribution is -2.59. The first-order chi connectivity index (χ1) is 10.1. The van der Waals surface area contributed by atoms with E-state index in [0.717, 1.165) is 0 Å². The second-order valence-corrected chi connectivity index (χ2v) is 4.06. The minimum atomic E-state index is -2.84. The van der Waals surface area contributed by atoms with Crippen molar-refractivity contribution in [3.05, 3.63) is 0 Å². The van der Waals surface area contributed by atoms with E-state index in [1.54, 1.807) is 5.32 Å². The van der Waals surface area contributed by atoms with Crippen molar-refractivity contribution in [1.82, 2.24) is 10.2 Å². The molecule has 0 radical (unpaired) electrons. The number of carbonyl (C=O) groups is 2. The van der Waals surface area contributed by atoms with Crippen LogP contribution in [0.15, 0.2) is 0 Å². The molecular formula is C10H16N2O6. The molecule has 102 valence electrons. The summed E-state index contributed by atoms with van der Waals surface area (Å²) in [6.45, 7) is -5.32. The summed E-state index contributed by atoms with van der Waals surface area (Å²) >= 11 is 0. The fourth-order valence-corrected chi connectivity index (χ4v) is 1.85. The quantitative estimate of drug-likeness (QED) is 0.442. The topological polar surface area (TPSA) is 119 Å². The highest BCUT2D eigenvalue weighted by Crippen LogP contribution is 2.25. The number of aliphatic hydroxyl groups excluding tert-OH is 3. The van der Waals surface area contributed by atoms with Gasteiger partial charge in [0.25, 0.3) is 0 Å². The number of ether oxygens (including phenoxy) is 1. The Hall–Kier alpha value is -1.22. The maximum Gasteiger partial charge on any atom is 0.326 e. The number of hydrogen-bond acceptors (Lipinski definition) is 6. The van der Waals surface area contributed by atoms with Crippen LogP contribution in [-0.2, 0) is 9.53 Å². The molecule has 2 unspecified atom stereocenters. The van der Waals surface area contributed by atoms with Gasteiger partial charge in [0.15, 0.2) is 6.23 Å². The number of imide groups is 1. The van der Waals surface area contributed by atoms with E-state index in [0.29, 0.717) is 4.90 Å². The molecule has 0 spiro atoms. The molecular weight excluding hydrogens is 244 g/mol. The van der Waals surface area contributed by atoms with Gasteiger partial charge in [-0.25, -0.2) is 4.79 Å². The molecule has 2 rings (SSSR count). The predicted molar refractivity (Wildman–Crippen MR) is 57.2 cm³/mol. The van der Waals surface area contributed by atoms with Gasteiger partial charge in [-0.2, -0.15) is 0 Å². The van der Waals surface area contributed by atoms with Crippen molar-refractivity contribution in [1.29, 1.82) is 0 Å². The van der Waals surface area contributed by atoms with Crippen molar-refractivity contribution in [2.75, 3.05) is 13.1 Å². The second-order valence-electron chi connectivity index (χ2n) is 4.06. The largest absolute Gasteiger partial charge is 0.394 e. The third kappa shape index (κ3) is 2.07. The summed E-state index contributed by atoms with van der Waals surface area (Å²) in [4.78, 5) is 24.1. The first kappa shape index (κ1) is 8.81. The molecule has 0 aromatic rings. The summed E-state index contributed by atoms with van der Waals surface area (Å²) in [5, 5.41) is 30.4. The standard InChI is InChI=1S/C10H16N2O6/c1-4-2-12(10(17)11-8(4)16)9-7(15)6(14)5(3-13)18-9/h4-7,9,13-15H,2-3H2,1H3,(H,11,16,17)/t4?,5-,6+,7+,9-/m1/s1/i1D3,2D/t2?,4?,5-,6+,7+,9-. The predicted octanol–water partition coefficient (Wildman–Crippen LogP) is -2.39. The molecule has 18 heavy (non-hydrogen) atoms. The van der Waals surface area contributed by atoms with Crippen LogP contribution in [-0.4, -0.2) is 69.8 Å². The van der Waals surface area contributed by atoms with Crippen LogP contribution in [0, 0.1) is 5.92 Å². The summed E-state index contributed by atoms with van der Waals surface area (Å²) in [5.74, 6) is -2.95. The van der Waals surface area contributed by atoms with Gasteiger partial charge in [0.1, 0.15) is 18.3 Å². The third-order valence-corrected chi connectivity index (χ3v) is 2.85. The Labute approximate surface area is 109 Å². The Balaban J connectivity index is 2.30. The van der Waals surface area contributed by atoms with Crippen LogP contribution in [0.4, 0.5) is 4.79 Å². The molecule has 0 aliphatic carbocycles. The third-order valence-electron chi connectivity index (χ3n) is 2.85. The van der Waals surface area contributed by atoms with Gasteiger partial charge < -0.3 is 20.1 Å². The van der Waals surface area contributed by atoms with Gasteiger partial charge >= 0.3 is 6.03 Å². The summed E-state index contributed by atoms with van der Waals surface area (Å²) in [5.41, 5.74) is 0. The Morgan fingerprint density at radius 2 is 2.28 bits per heavy atom. The zero-order valence-corrected chi connectivity index (χ0v) is 9.18. The molecule has 6 atom stereocenters. The normalized spacial score (nSPS) is 49.2. The molecule has 3 amide bonds. The Kier molecular flexibility index (Phi) is 2.35. The average Bonchev–Trinajstić information content (AvgIpc) is 2.64. The van der Waals surface area contributed by atoms with E-state index in [1.165, 1.54) is 0 Å². The van der Waals surface area contributed by atoms with E-state index in [-0.39, 0.29) is 0 Å². The van der Waals surface area contributed by atoms with E-state index in [1.807, 2.05) is 0 Å². The van der Waals surface area contributed by atoms with Crippen molar-refractivity contribution in [3.8, 4) is 0 Å². The fraction of sp³-hybridized carbons (Fsp3) is 0.800. The molecule has 0 bridgehead atoms. The maximum atomic E-state index is 11.9. The number of amides is 3. The molecule has 8 nitrogen and oxygen atoms in total. The summed E-state index contributed by atoms with van der Waals surface area (Å²) < 4.78 is 34.9. The molecule has 2 aliphatic rings. The zero-order chi connectivity index (χ0) is 16.8. The van der Waals surface area contributed by atoms with Gasteiger partial charge in [0, 0.05) is 10.6 Å². The second kappa shape index (κ2) is 4.81. The lowest BCUT2D eigenvalue weighted by molar-refractivity contribution is -0.130. The number of carbonyl (C=O) groups excluding carboxylic acids is 2. The van der Waals surface area contributed by atoms with Gasteiger partial charge in [-0.3, -0.25) is 15.0 Å². The van der Waals surface area contributed by atoms with Gasteiger partial charge in [0.2, 0.25) is 5.91 Å². The highest BCUT2D eigenvalue weighted by Gasteiger charge is 2.48. The Bertz CT molecular complexity index is 475. The Morgan fingerprint density at radius 3 is 2.83 bits per heavy atom. The first-order valence-electron chi connectivity index (χ1n) is 7.35. The molecule has 2 heterocycles. The summed E-state index contributed by atoms with van der Waals surface area (Å²) in [6, 6.07) is -1.11. The number of nitrogens with zero attached hydrogens (tertiary/aromatic N) is 1. The molecule has 0 aromatic carbocycles. The van der Waals surface area contributed by atoms with Crippen LogP contribution in [0.1, 0.15) is 12.3 Å². The SMILES string of the molecule is [2H]C1C(C([2H])([2H])[2H])C(=O)NC(=O)N1[C@@H]1O[C@H](CO)[C@H](O)[C@@H]1O. The molecule has 2 saturated heterocycles. The van der Waals surface area contributed by atoms with Crippen molar-refractivity contribution >= 4 is 11.9 Å². The number of hydrogen-bond donors (Lipinski definition) is 4. The molecule has 8 heteroatoms. The van der Waals surface area contributed by atoms with Crippen molar-refractivity contribution in [3.63, 3.8) is 0 Å². The fourth-order valence-electron chi connectivity index (χ4n) is 1.85. The van der Waals surface area contributed by atoms with Crippen LogP contribution in [0.2, 0.25) is 0 Å². The van der Waals surface area contributed by atoms with Gasteiger partial charge in [-0.05, 0) is 0 Å². The summed E-state index contributed by atoms with van der Waals surface area (Å²) in [7, 11) is 0. The molecule has 0 saturated carbocycles. The van der Waals surface area contributed by atoms with Gasteiger partial charge in [-0.1, -0.05) is 6.85 Å². The Morgan fingerprint density at radius 1 is 1.56 bits per heavy atom. The average molecular weight is 264 g/mol. The number of nitrogens with one attached hydrogen (secondary N) is 1. The molecule has 2 fully saturated rings. The smallest absolute Gasteiger partial charge is 0.326 e. The lowest BCUT2D eigenvalue weighted by atomic mass is 10.1. The molecule has 4 N–H and O–H groups in total. The zero-order valence-electron chi connectivity index (χ0n) is 13.2. The van der Waals surface area contributed by atoms with E-state index < -0.39 is 62.4 Å². The van der Waals surface area contributed by atoms with E-state index in [4.69, 9.17) is 15.3 Å². The first-order valence-corrected chi connectivity index (χ1v) is 5.27. The highest BCUT2D eigenvalue weighted by atomic mass is 16.6. The number of urea groups is 1. The monoisotopic (exact) mass is 264 g/mol. The van der Waals surface area contributed by atoms with E-state index in [2.05, 4.69) is 0 Å². The number of aliphatic hydroxyl groups is 3. The lowest BCUT2D eigenvalue weighted by Gasteiger charge is -2.35. The van der Waals surface area contributed by atoms with Crippen LogP contribution in [0.25, 0.3) is 0 Å². The van der Waals surface area contributed by atoms with E-state index in [9.17, 15) is 19.8 Å². The molecule has 2 aliphatic heterocycles. The van der Waals surface area contributed by atoms with Gasteiger partial charge in [-0.15, -0.1) is 0 Å². The minimum absolute atomic E-state index is 0.544.